The summed E-state index contributed by atoms with van der Waals surface area (Å²) < 4.78 is 5.51. The first kappa shape index (κ1) is 17.4. The van der Waals surface area contributed by atoms with E-state index < -0.39 is 0 Å². The van der Waals surface area contributed by atoms with Crippen molar-refractivity contribution in [2.45, 2.75) is 78.1 Å². The smallest absolute Gasteiger partial charge is 0.119 e. The third-order valence-electron chi connectivity index (χ3n) is 5.26. The number of ether oxygens (including phenoxy) is 1. The van der Waals surface area contributed by atoms with Crippen molar-refractivity contribution in [1.29, 1.82) is 0 Å². The number of unbranched alkanes of at least 4 members (excludes halogenated alkanes) is 2. The third-order valence-corrected chi connectivity index (χ3v) is 5.26. The molecule has 1 heteroatoms. The molecule has 0 N–H and O–H groups in total. The van der Waals surface area contributed by atoms with Crippen LogP contribution >= 0.6 is 0 Å². The van der Waals surface area contributed by atoms with Crippen molar-refractivity contribution < 1.29 is 4.74 Å². The molecule has 1 aliphatic rings. The van der Waals surface area contributed by atoms with E-state index >= 15 is 0 Å². The Labute approximate surface area is 137 Å². The summed E-state index contributed by atoms with van der Waals surface area (Å²) in [6.45, 7) is 5.09. The van der Waals surface area contributed by atoms with Gasteiger partial charge in [0.25, 0.3) is 0 Å². The van der Waals surface area contributed by atoms with Crippen LogP contribution in [0.25, 0.3) is 0 Å². The Morgan fingerprint density at radius 2 is 1.50 bits per heavy atom. The zero-order chi connectivity index (χ0) is 15.6. The van der Waals surface area contributed by atoms with Crippen LogP contribution in [0.3, 0.4) is 0 Å². The lowest BCUT2D eigenvalue weighted by atomic mass is 9.78. The first-order valence-electron chi connectivity index (χ1n) is 9.53. The predicted molar refractivity (Wildman–Crippen MR) is 95.5 cm³/mol. The largest absolute Gasteiger partial charge is 0.494 e. The molecule has 1 nitrogen and oxygen atoms in total. The highest BCUT2D eigenvalue weighted by molar-refractivity contribution is 5.27. The number of hydrogen-bond acceptors (Lipinski definition) is 1. The van der Waals surface area contributed by atoms with E-state index in [0.29, 0.717) is 0 Å². The van der Waals surface area contributed by atoms with Crippen LogP contribution in [0.2, 0.25) is 0 Å². The van der Waals surface area contributed by atoms with Crippen LogP contribution in [0.5, 0.6) is 5.75 Å². The van der Waals surface area contributed by atoms with Gasteiger partial charge < -0.3 is 4.74 Å². The number of hydrogen-bond donors (Lipinski definition) is 0. The van der Waals surface area contributed by atoms with Crippen LogP contribution in [0, 0.1) is 11.8 Å². The molecule has 1 aromatic carbocycles. The molecule has 0 radical (unpaired) electrons. The average Bonchev–Trinajstić information content (AvgIpc) is 2.56. The van der Waals surface area contributed by atoms with Crippen molar-refractivity contribution in [3.05, 3.63) is 29.8 Å². The summed E-state index contributed by atoms with van der Waals surface area (Å²) >= 11 is 0. The Balaban J connectivity index is 1.64. The highest BCUT2D eigenvalue weighted by Gasteiger charge is 2.20. The Hall–Kier alpha value is -0.980. The van der Waals surface area contributed by atoms with Gasteiger partial charge in [-0.1, -0.05) is 70.4 Å². The number of rotatable bonds is 9. The van der Waals surface area contributed by atoms with E-state index in [9.17, 15) is 0 Å². The normalized spacial score (nSPS) is 21.7. The van der Waals surface area contributed by atoms with Gasteiger partial charge in [0.05, 0.1) is 6.61 Å². The Bertz CT molecular complexity index is 387. The molecule has 0 amide bonds. The molecule has 1 saturated carbocycles. The van der Waals surface area contributed by atoms with Crippen LogP contribution in [0.4, 0.5) is 0 Å². The maximum atomic E-state index is 5.51. The first-order valence-corrected chi connectivity index (χ1v) is 9.53. The molecule has 124 valence electrons. The second-order valence-corrected chi connectivity index (χ2v) is 7.00. The quantitative estimate of drug-likeness (QED) is 0.479. The molecule has 0 bridgehead atoms. The first-order chi connectivity index (χ1) is 10.8. The Kier molecular flexibility index (Phi) is 7.83. The van der Waals surface area contributed by atoms with Crippen LogP contribution in [0.15, 0.2) is 24.3 Å². The number of benzene rings is 1. The molecule has 0 saturated heterocycles. The number of aryl methyl sites for hydroxylation is 1. The molecule has 1 aliphatic carbocycles. The fraction of sp³-hybridized carbons (Fsp3) is 0.714. The lowest BCUT2D eigenvalue weighted by Crippen LogP contribution is -2.15. The van der Waals surface area contributed by atoms with Crippen LogP contribution in [0.1, 0.15) is 77.2 Å². The van der Waals surface area contributed by atoms with Crippen LogP contribution in [-0.4, -0.2) is 6.61 Å². The second-order valence-electron chi connectivity index (χ2n) is 7.00. The maximum Gasteiger partial charge on any atom is 0.119 e. The molecule has 22 heavy (non-hydrogen) atoms. The molecule has 1 aromatic rings. The highest BCUT2D eigenvalue weighted by atomic mass is 16.5. The van der Waals surface area contributed by atoms with Crippen molar-refractivity contribution in [3.63, 3.8) is 0 Å². The molecule has 1 fully saturated rings. The van der Waals surface area contributed by atoms with Crippen LogP contribution in [-0.2, 0) is 6.42 Å². The standard InChI is InChI=1S/C21H34O/c1-3-5-6-7-18-8-10-19(11-9-18)12-13-20-14-16-21(17-15-20)22-4-2/h14-19H,3-13H2,1-2H3. The van der Waals surface area contributed by atoms with E-state index in [1.807, 2.05) is 6.92 Å². The summed E-state index contributed by atoms with van der Waals surface area (Å²) in [6.07, 6.45) is 14.2. The fourth-order valence-corrected chi connectivity index (χ4v) is 3.78. The minimum atomic E-state index is 0.751. The SMILES string of the molecule is CCCCCC1CCC(CCc2ccc(OCC)cc2)CC1. The molecule has 0 unspecified atom stereocenters. The van der Waals surface area contributed by atoms with Gasteiger partial charge in [-0.3, -0.25) is 0 Å². The Morgan fingerprint density at radius 3 is 2.09 bits per heavy atom. The lowest BCUT2D eigenvalue weighted by Gasteiger charge is -2.28. The summed E-state index contributed by atoms with van der Waals surface area (Å²) in [5, 5.41) is 0. The van der Waals surface area contributed by atoms with Crippen LogP contribution < -0.4 is 4.74 Å². The predicted octanol–water partition coefficient (Wildman–Crippen LogP) is 6.40. The zero-order valence-electron chi connectivity index (χ0n) is 14.7. The average molecular weight is 303 g/mol. The summed E-state index contributed by atoms with van der Waals surface area (Å²) in [4.78, 5) is 0. The zero-order valence-corrected chi connectivity index (χ0v) is 14.7. The van der Waals surface area contributed by atoms with Crippen molar-refractivity contribution in [2.75, 3.05) is 6.61 Å². The van der Waals surface area contributed by atoms with Gasteiger partial charge in [-0.2, -0.15) is 0 Å². The molecular formula is C21H34O. The van der Waals surface area contributed by atoms with E-state index in [1.54, 1.807) is 0 Å². The molecule has 0 aromatic heterocycles. The van der Waals surface area contributed by atoms with Crippen molar-refractivity contribution in [1.82, 2.24) is 0 Å². The summed E-state index contributed by atoms with van der Waals surface area (Å²) in [7, 11) is 0. The highest BCUT2D eigenvalue weighted by Crippen LogP contribution is 2.34. The van der Waals surface area contributed by atoms with Crippen molar-refractivity contribution in [2.24, 2.45) is 11.8 Å². The molecule has 2 rings (SSSR count). The molecule has 0 spiro atoms. The van der Waals surface area contributed by atoms with E-state index in [4.69, 9.17) is 4.74 Å². The minimum absolute atomic E-state index is 0.751. The van der Waals surface area contributed by atoms with E-state index in [2.05, 4.69) is 31.2 Å². The van der Waals surface area contributed by atoms with Crippen molar-refractivity contribution >= 4 is 0 Å². The third kappa shape index (κ3) is 6.02. The van der Waals surface area contributed by atoms with Gasteiger partial charge >= 0.3 is 0 Å². The van der Waals surface area contributed by atoms with Gasteiger partial charge in [0, 0.05) is 0 Å². The van der Waals surface area contributed by atoms with Gasteiger partial charge in [-0.05, 0) is 49.3 Å². The van der Waals surface area contributed by atoms with E-state index in [1.165, 1.54) is 69.8 Å². The monoisotopic (exact) mass is 302 g/mol. The van der Waals surface area contributed by atoms with Gasteiger partial charge in [0.1, 0.15) is 5.75 Å². The van der Waals surface area contributed by atoms with E-state index in [0.717, 1.165) is 24.2 Å². The second kappa shape index (κ2) is 9.92. The Morgan fingerprint density at radius 1 is 0.864 bits per heavy atom. The maximum absolute atomic E-state index is 5.51. The fourth-order valence-electron chi connectivity index (χ4n) is 3.78. The van der Waals surface area contributed by atoms with Crippen molar-refractivity contribution in [3.8, 4) is 5.75 Å². The molecule has 0 atom stereocenters. The summed E-state index contributed by atoms with van der Waals surface area (Å²) in [6, 6.07) is 8.70. The lowest BCUT2D eigenvalue weighted by molar-refractivity contribution is 0.249. The van der Waals surface area contributed by atoms with Gasteiger partial charge in [0.15, 0.2) is 0 Å². The minimum Gasteiger partial charge on any atom is -0.494 e. The van der Waals surface area contributed by atoms with E-state index in [-0.39, 0.29) is 0 Å². The molecular weight excluding hydrogens is 268 g/mol. The van der Waals surface area contributed by atoms with Gasteiger partial charge in [-0.25, -0.2) is 0 Å². The topological polar surface area (TPSA) is 9.23 Å². The molecule has 0 heterocycles. The van der Waals surface area contributed by atoms with Gasteiger partial charge in [0.2, 0.25) is 0 Å². The molecule has 0 aliphatic heterocycles. The summed E-state index contributed by atoms with van der Waals surface area (Å²) in [5.74, 6) is 3.00. The summed E-state index contributed by atoms with van der Waals surface area (Å²) in [5.41, 5.74) is 1.47. The van der Waals surface area contributed by atoms with Gasteiger partial charge in [-0.15, -0.1) is 0 Å².